The van der Waals surface area contributed by atoms with Crippen LogP contribution in [0.3, 0.4) is 0 Å². The van der Waals surface area contributed by atoms with Gasteiger partial charge in [0.25, 0.3) is 11.8 Å². The molecule has 8 heteroatoms. The van der Waals surface area contributed by atoms with Crippen molar-refractivity contribution in [1.82, 2.24) is 14.8 Å². The first-order chi connectivity index (χ1) is 13.9. The van der Waals surface area contributed by atoms with E-state index in [4.69, 9.17) is 15.5 Å². The minimum Gasteiger partial charge on any atom is -0.484 e. The number of primary amides is 1. The smallest absolute Gasteiger partial charge is 0.256 e. The first kappa shape index (κ1) is 18.9. The molecule has 3 aromatic rings. The molecule has 0 saturated heterocycles. The lowest BCUT2D eigenvalue weighted by molar-refractivity contribution is -0.119. The SMILES string of the molecule is CC(C)n1ncc2c(C(=O)Nc3ccc(OCC(N)=O)cc3)cc(C3CC3)nc21. The van der Waals surface area contributed by atoms with Crippen LogP contribution >= 0.6 is 0 Å². The number of carbonyl (C=O) groups is 2. The Morgan fingerprint density at radius 1 is 1.28 bits per heavy atom. The maximum absolute atomic E-state index is 13.0. The van der Waals surface area contributed by atoms with Crippen molar-refractivity contribution in [3.05, 3.63) is 47.8 Å². The van der Waals surface area contributed by atoms with E-state index in [1.807, 2.05) is 24.6 Å². The van der Waals surface area contributed by atoms with Crippen LogP contribution in [0, 0.1) is 0 Å². The summed E-state index contributed by atoms with van der Waals surface area (Å²) < 4.78 is 7.09. The van der Waals surface area contributed by atoms with E-state index < -0.39 is 5.91 Å². The summed E-state index contributed by atoms with van der Waals surface area (Å²) in [5.74, 6) is 0.163. The van der Waals surface area contributed by atoms with Gasteiger partial charge >= 0.3 is 0 Å². The molecule has 2 heterocycles. The minimum atomic E-state index is -0.544. The summed E-state index contributed by atoms with van der Waals surface area (Å²) in [5.41, 5.74) is 7.94. The van der Waals surface area contributed by atoms with Crippen LogP contribution in [0.15, 0.2) is 36.5 Å². The first-order valence-electron chi connectivity index (χ1n) is 9.63. The van der Waals surface area contributed by atoms with E-state index in [-0.39, 0.29) is 18.6 Å². The van der Waals surface area contributed by atoms with Gasteiger partial charge in [0.2, 0.25) is 0 Å². The van der Waals surface area contributed by atoms with Crippen molar-refractivity contribution < 1.29 is 14.3 Å². The van der Waals surface area contributed by atoms with Crippen molar-refractivity contribution in [2.45, 2.75) is 38.6 Å². The molecule has 29 heavy (non-hydrogen) atoms. The summed E-state index contributed by atoms with van der Waals surface area (Å²) in [7, 11) is 0. The molecule has 1 aromatic carbocycles. The third kappa shape index (κ3) is 4.06. The zero-order chi connectivity index (χ0) is 20.5. The number of hydrogen-bond acceptors (Lipinski definition) is 5. The highest BCUT2D eigenvalue weighted by atomic mass is 16.5. The molecule has 0 unspecified atom stereocenters. The number of pyridine rings is 1. The molecule has 1 saturated carbocycles. The van der Waals surface area contributed by atoms with Crippen LogP contribution in [0.4, 0.5) is 5.69 Å². The average Bonchev–Trinajstić information content (AvgIpc) is 3.45. The monoisotopic (exact) mass is 393 g/mol. The molecule has 0 bridgehead atoms. The molecule has 0 atom stereocenters. The lowest BCUT2D eigenvalue weighted by atomic mass is 10.1. The van der Waals surface area contributed by atoms with Crippen LogP contribution in [-0.2, 0) is 4.79 Å². The molecule has 2 aromatic heterocycles. The van der Waals surface area contributed by atoms with Gasteiger partial charge in [-0.25, -0.2) is 9.67 Å². The van der Waals surface area contributed by atoms with Gasteiger partial charge in [-0.1, -0.05) is 0 Å². The van der Waals surface area contributed by atoms with E-state index in [0.29, 0.717) is 22.9 Å². The Morgan fingerprint density at radius 3 is 2.62 bits per heavy atom. The summed E-state index contributed by atoms with van der Waals surface area (Å²) in [6.07, 6.45) is 3.90. The molecule has 150 valence electrons. The number of nitrogens with two attached hydrogens (primary N) is 1. The maximum atomic E-state index is 13.0. The Labute approximate surface area is 168 Å². The Hall–Kier alpha value is -3.42. The fraction of sp³-hybridized carbons (Fsp3) is 0.333. The molecular formula is C21H23N5O3. The molecule has 0 spiro atoms. The molecule has 1 fully saturated rings. The van der Waals surface area contributed by atoms with E-state index in [1.54, 1.807) is 30.5 Å². The second-order valence-electron chi connectivity index (χ2n) is 7.52. The quantitative estimate of drug-likeness (QED) is 0.641. The third-order valence-electron chi connectivity index (χ3n) is 4.81. The zero-order valence-corrected chi connectivity index (χ0v) is 16.4. The van der Waals surface area contributed by atoms with Crippen LogP contribution in [0.1, 0.15) is 54.7 Å². The van der Waals surface area contributed by atoms with Crippen LogP contribution in [0.2, 0.25) is 0 Å². The zero-order valence-electron chi connectivity index (χ0n) is 16.4. The van der Waals surface area contributed by atoms with Crippen LogP contribution in [0.5, 0.6) is 5.75 Å². The number of amides is 2. The van der Waals surface area contributed by atoms with Crippen molar-refractivity contribution in [2.24, 2.45) is 5.73 Å². The van der Waals surface area contributed by atoms with Crippen molar-refractivity contribution in [3.8, 4) is 5.75 Å². The minimum absolute atomic E-state index is 0.151. The number of carbonyl (C=O) groups excluding carboxylic acids is 2. The maximum Gasteiger partial charge on any atom is 0.256 e. The number of ether oxygens (including phenoxy) is 1. The predicted octanol–water partition coefficient (Wildman–Crippen LogP) is 3.01. The van der Waals surface area contributed by atoms with Gasteiger partial charge in [-0.2, -0.15) is 5.10 Å². The summed E-state index contributed by atoms with van der Waals surface area (Å²) in [5, 5.41) is 8.09. The summed E-state index contributed by atoms with van der Waals surface area (Å²) in [6.45, 7) is 3.89. The Kier molecular flexibility index (Phi) is 4.92. The predicted molar refractivity (Wildman–Crippen MR) is 109 cm³/mol. The second-order valence-corrected chi connectivity index (χ2v) is 7.52. The fourth-order valence-corrected chi connectivity index (χ4v) is 3.18. The van der Waals surface area contributed by atoms with Crippen LogP contribution < -0.4 is 15.8 Å². The molecule has 0 aliphatic heterocycles. The number of rotatable bonds is 7. The highest BCUT2D eigenvalue weighted by Gasteiger charge is 2.28. The standard InChI is InChI=1S/C21H23N5O3/c1-12(2)26-20-17(10-23-26)16(9-18(25-20)13-3-4-13)21(28)24-14-5-7-15(8-6-14)29-11-19(22)27/h5-10,12-13H,3-4,11H2,1-2H3,(H2,22,27)(H,24,28). The van der Waals surface area contributed by atoms with Crippen molar-refractivity contribution in [3.63, 3.8) is 0 Å². The number of benzene rings is 1. The van der Waals surface area contributed by atoms with Gasteiger partial charge in [-0.05, 0) is 57.0 Å². The van der Waals surface area contributed by atoms with Crippen molar-refractivity contribution in [1.29, 1.82) is 0 Å². The molecule has 0 radical (unpaired) electrons. The normalized spacial score (nSPS) is 13.6. The van der Waals surface area contributed by atoms with Gasteiger partial charge < -0.3 is 15.8 Å². The fourth-order valence-electron chi connectivity index (χ4n) is 3.18. The number of aromatic nitrogens is 3. The summed E-state index contributed by atoms with van der Waals surface area (Å²) in [6, 6.07) is 8.81. The highest BCUT2D eigenvalue weighted by molar-refractivity contribution is 6.12. The largest absolute Gasteiger partial charge is 0.484 e. The molecule has 1 aliphatic carbocycles. The van der Waals surface area contributed by atoms with Gasteiger partial charge in [-0.15, -0.1) is 0 Å². The number of anilines is 1. The number of hydrogen-bond donors (Lipinski definition) is 2. The van der Waals surface area contributed by atoms with Gasteiger partial charge in [0.1, 0.15) is 5.75 Å². The van der Waals surface area contributed by atoms with Crippen molar-refractivity contribution in [2.75, 3.05) is 11.9 Å². The van der Waals surface area contributed by atoms with Gasteiger partial charge in [0.15, 0.2) is 12.3 Å². The molecule has 3 N–H and O–H groups in total. The van der Waals surface area contributed by atoms with Crippen molar-refractivity contribution >= 4 is 28.5 Å². The highest BCUT2D eigenvalue weighted by Crippen LogP contribution is 2.40. The van der Waals surface area contributed by atoms with Crippen LogP contribution in [0.25, 0.3) is 11.0 Å². The Morgan fingerprint density at radius 2 is 2.00 bits per heavy atom. The molecule has 2 amide bonds. The lowest BCUT2D eigenvalue weighted by Gasteiger charge is -2.11. The molecule has 8 nitrogen and oxygen atoms in total. The van der Waals surface area contributed by atoms with E-state index in [9.17, 15) is 9.59 Å². The first-order valence-corrected chi connectivity index (χ1v) is 9.63. The second kappa shape index (κ2) is 7.54. The van der Waals surface area contributed by atoms with Crippen LogP contribution in [-0.4, -0.2) is 33.2 Å². The topological polar surface area (TPSA) is 112 Å². The number of nitrogens with one attached hydrogen (secondary N) is 1. The molecular weight excluding hydrogens is 370 g/mol. The Bertz CT molecular complexity index is 1070. The van der Waals surface area contributed by atoms with E-state index in [0.717, 1.165) is 29.6 Å². The van der Waals surface area contributed by atoms with Gasteiger partial charge in [0.05, 0.1) is 17.1 Å². The average molecular weight is 393 g/mol. The van der Waals surface area contributed by atoms with E-state index in [1.165, 1.54) is 0 Å². The van der Waals surface area contributed by atoms with E-state index in [2.05, 4.69) is 10.4 Å². The third-order valence-corrected chi connectivity index (χ3v) is 4.81. The van der Waals surface area contributed by atoms with Gasteiger partial charge in [-0.3, -0.25) is 9.59 Å². The summed E-state index contributed by atoms with van der Waals surface area (Å²) in [4.78, 5) is 28.6. The number of fused-ring (bicyclic) bond motifs is 1. The van der Waals surface area contributed by atoms with E-state index >= 15 is 0 Å². The Balaban J connectivity index is 1.60. The molecule has 4 rings (SSSR count). The summed E-state index contributed by atoms with van der Waals surface area (Å²) >= 11 is 0. The molecule has 1 aliphatic rings. The lowest BCUT2D eigenvalue weighted by Crippen LogP contribution is -2.20. The van der Waals surface area contributed by atoms with Gasteiger partial charge in [0, 0.05) is 23.3 Å². The number of nitrogens with zero attached hydrogens (tertiary/aromatic N) is 3.